The molecule has 1 aliphatic heterocycles. The Kier molecular flexibility index (Phi) is 5.23. The summed E-state index contributed by atoms with van der Waals surface area (Å²) in [6.07, 6.45) is 3.62. The Hall–Kier alpha value is -2.14. The van der Waals surface area contributed by atoms with E-state index in [0.29, 0.717) is 23.1 Å². The lowest BCUT2D eigenvalue weighted by molar-refractivity contribution is 0.0904. The van der Waals surface area contributed by atoms with Gasteiger partial charge in [-0.25, -0.2) is 9.37 Å². The summed E-state index contributed by atoms with van der Waals surface area (Å²) in [6, 6.07) is 8.99. The Bertz CT molecular complexity index is 722. The van der Waals surface area contributed by atoms with Gasteiger partial charge in [-0.3, -0.25) is 0 Å². The topological polar surface area (TPSA) is 43.4 Å². The van der Waals surface area contributed by atoms with E-state index < -0.39 is 0 Å². The number of hydrogen-bond donors (Lipinski definition) is 1. The number of rotatable bonds is 4. The van der Waals surface area contributed by atoms with Crippen LogP contribution in [0.5, 0.6) is 11.5 Å². The molecule has 1 aromatic carbocycles. The Labute approximate surface area is 148 Å². The monoisotopic (exact) mass is 344 g/mol. The molecule has 1 aliphatic rings. The summed E-state index contributed by atoms with van der Waals surface area (Å²) in [6.45, 7) is 7.51. The minimum Gasteiger partial charge on any atom is -0.457 e. The molecule has 0 bridgehead atoms. The van der Waals surface area contributed by atoms with E-state index in [9.17, 15) is 4.39 Å². The van der Waals surface area contributed by atoms with Crippen LogP contribution in [0.25, 0.3) is 0 Å². The molecule has 0 unspecified atom stereocenters. The first-order valence-electron chi connectivity index (χ1n) is 8.70. The van der Waals surface area contributed by atoms with Gasteiger partial charge in [0.1, 0.15) is 23.1 Å². The first kappa shape index (κ1) is 17.7. The maximum atomic E-state index is 14.3. The molecule has 0 spiro atoms. The highest BCUT2D eigenvalue weighted by Crippen LogP contribution is 2.30. The van der Waals surface area contributed by atoms with Gasteiger partial charge in [0, 0.05) is 37.6 Å². The summed E-state index contributed by atoms with van der Waals surface area (Å²) in [7, 11) is 0. The van der Waals surface area contributed by atoms with Crippen LogP contribution in [0.3, 0.4) is 0 Å². The third-order valence-corrected chi connectivity index (χ3v) is 4.29. The Morgan fingerprint density at radius 3 is 2.52 bits per heavy atom. The van der Waals surface area contributed by atoms with Crippen LogP contribution in [0, 0.1) is 5.82 Å². The van der Waals surface area contributed by atoms with Gasteiger partial charge in [-0.05, 0) is 36.0 Å². The number of ether oxygens (including phenoxy) is 2. The number of halogens is 1. The zero-order valence-corrected chi connectivity index (χ0v) is 15.0. The van der Waals surface area contributed by atoms with Crippen LogP contribution in [-0.4, -0.2) is 24.2 Å². The van der Waals surface area contributed by atoms with E-state index in [2.05, 4.69) is 10.3 Å². The van der Waals surface area contributed by atoms with Gasteiger partial charge in [0.2, 0.25) is 0 Å². The van der Waals surface area contributed by atoms with Gasteiger partial charge in [0.05, 0.1) is 0 Å². The zero-order chi connectivity index (χ0) is 17.9. The van der Waals surface area contributed by atoms with E-state index in [4.69, 9.17) is 9.47 Å². The van der Waals surface area contributed by atoms with Crippen molar-refractivity contribution in [2.75, 3.05) is 18.5 Å². The van der Waals surface area contributed by atoms with Crippen LogP contribution in [0.1, 0.15) is 39.2 Å². The Balaban J connectivity index is 1.70. The van der Waals surface area contributed by atoms with E-state index in [1.54, 1.807) is 24.4 Å². The largest absolute Gasteiger partial charge is 0.457 e. The molecule has 134 valence electrons. The second kappa shape index (κ2) is 7.40. The fourth-order valence-corrected chi connectivity index (χ4v) is 2.91. The fraction of sp³-hybridized carbons (Fsp3) is 0.450. The van der Waals surface area contributed by atoms with Gasteiger partial charge >= 0.3 is 0 Å². The lowest BCUT2D eigenvalue weighted by Crippen LogP contribution is -2.28. The molecule has 0 radical (unpaired) electrons. The fourth-order valence-electron chi connectivity index (χ4n) is 2.91. The predicted octanol–water partition coefficient (Wildman–Crippen LogP) is 4.90. The first-order valence-corrected chi connectivity index (χ1v) is 8.70. The number of nitrogens with zero attached hydrogens (tertiary/aromatic N) is 1. The molecule has 0 aliphatic carbocycles. The number of anilines is 1. The van der Waals surface area contributed by atoms with Crippen molar-refractivity contribution in [3.05, 3.63) is 47.9 Å². The minimum absolute atomic E-state index is 0.236. The van der Waals surface area contributed by atoms with Crippen LogP contribution >= 0.6 is 0 Å². The molecule has 0 saturated carbocycles. The van der Waals surface area contributed by atoms with Crippen molar-refractivity contribution >= 4 is 5.82 Å². The molecule has 4 nitrogen and oxygen atoms in total. The second-order valence-corrected chi connectivity index (χ2v) is 7.40. The van der Waals surface area contributed by atoms with E-state index in [1.807, 2.05) is 26.8 Å². The van der Waals surface area contributed by atoms with Crippen LogP contribution in [-0.2, 0) is 10.2 Å². The van der Waals surface area contributed by atoms with Crippen molar-refractivity contribution in [2.45, 2.75) is 45.1 Å². The minimum atomic E-state index is -0.250. The quantitative estimate of drug-likeness (QED) is 0.856. The highest BCUT2D eigenvalue weighted by molar-refractivity contribution is 5.44. The Morgan fingerprint density at radius 2 is 1.84 bits per heavy atom. The average Bonchev–Trinajstić information content (AvgIpc) is 2.55. The summed E-state index contributed by atoms with van der Waals surface area (Å²) in [4.78, 5) is 4.33. The zero-order valence-electron chi connectivity index (χ0n) is 15.0. The number of pyridine rings is 1. The molecule has 2 aromatic rings. The van der Waals surface area contributed by atoms with Crippen molar-refractivity contribution < 1.29 is 13.9 Å². The lowest BCUT2D eigenvalue weighted by atomic mass is 9.87. The van der Waals surface area contributed by atoms with Crippen molar-refractivity contribution in [3.8, 4) is 11.5 Å². The highest BCUT2D eigenvalue weighted by atomic mass is 19.1. The van der Waals surface area contributed by atoms with Gasteiger partial charge in [-0.2, -0.15) is 0 Å². The average molecular weight is 344 g/mol. The molecule has 25 heavy (non-hydrogen) atoms. The highest BCUT2D eigenvalue weighted by Gasteiger charge is 2.19. The van der Waals surface area contributed by atoms with Gasteiger partial charge in [0.15, 0.2) is 0 Å². The Morgan fingerprint density at radius 1 is 1.12 bits per heavy atom. The van der Waals surface area contributed by atoms with Crippen LogP contribution in [0.2, 0.25) is 0 Å². The summed E-state index contributed by atoms with van der Waals surface area (Å²) in [5.41, 5.74) is 0.441. The number of hydrogen-bond acceptors (Lipinski definition) is 4. The number of benzene rings is 1. The molecule has 0 atom stereocenters. The smallest absolute Gasteiger partial charge is 0.132 e. The molecule has 5 heteroatoms. The predicted molar refractivity (Wildman–Crippen MR) is 96.9 cm³/mol. The third kappa shape index (κ3) is 4.69. The van der Waals surface area contributed by atoms with Gasteiger partial charge < -0.3 is 14.8 Å². The standard InChI is InChI=1S/C20H25FN2O2/c1-20(2,3)17-5-4-15(12-18(17)21)25-16-6-9-22-19(13-16)23-14-7-10-24-11-8-14/h4-6,9,12-14H,7-8,10-11H2,1-3H3,(H,22,23). The van der Waals surface area contributed by atoms with Crippen LogP contribution < -0.4 is 10.1 Å². The van der Waals surface area contributed by atoms with Crippen molar-refractivity contribution in [1.29, 1.82) is 0 Å². The summed E-state index contributed by atoms with van der Waals surface area (Å²) < 4.78 is 25.5. The molecular weight excluding hydrogens is 319 g/mol. The maximum Gasteiger partial charge on any atom is 0.132 e. The maximum absolute atomic E-state index is 14.3. The molecule has 0 amide bonds. The number of aromatic nitrogens is 1. The van der Waals surface area contributed by atoms with Crippen LogP contribution in [0.4, 0.5) is 10.2 Å². The SMILES string of the molecule is CC(C)(C)c1ccc(Oc2ccnc(NC3CCOCC3)c2)cc1F. The summed E-state index contributed by atoms with van der Waals surface area (Å²) >= 11 is 0. The third-order valence-electron chi connectivity index (χ3n) is 4.29. The molecule has 1 saturated heterocycles. The molecule has 1 aromatic heterocycles. The van der Waals surface area contributed by atoms with Crippen molar-refractivity contribution in [2.24, 2.45) is 0 Å². The van der Waals surface area contributed by atoms with Crippen molar-refractivity contribution in [3.63, 3.8) is 0 Å². The summed E-state index contributed by atoms with van der Waals surface area (Å²) in [5.74, 6) is 1.62. The van der Waals surface area contributed by atoms with Crippen LogP contribution in [0.15, 0.2) is 36.5 Å². The van der Waals surface area contributed by atoms with E-state index in [0.717, 1.165) is 31.9 Å². The molecule has 3 rings (SSSR count). The normalized spacial score (nSPS) is 15.8. The molecule has 1 fully saturated rings. The van der Waals surface area contributed by atoms with Crippen molar-refractivity contribution in [1.82, 2.24) is 4.98 Å². The molecular formula is C20H25FN2O2. The van der Waals surface area contributed by atoms with E-state index in [1.165, 1.54) is 6.07 Å². The van der Waals surface area contributed by atoms with Gasteiger partial charge in [0.25, 0.3) is 0 Å². The van der Waals surface area contributed by atoms with Gasteiger partial charge in [-0.1, -0.05) is 26.8 Å². The molecule has 2 heterocycles. The first-order chi connectivity index (χ1) is 11.9. The van der Waals surface area contributed by atoms with E-state index in [-0.39, 0.29) is 11.2 Å². The lowest BCUT2D eigenvalue weighted by Gasteiger charge is -2.23. The second-order valence-electron chi connectivity index (χ2n) is 7.40. The summed E-state index contributed by atoms with van der Waals surface area (Å²) in [5, 5.41) is 3.40. The number of nitrogens with one attached hydrogen (secondary N) is 1. The van der Waals surface area contributed by atoms with E-state index >= 15 is 0 Å². The van der Waals surface area contributed by atoms with Gasteiger partial charge in [-0.15, -0.1) is 0 Å². The molecule has 1 N–H and O–H groups in total.